The van der Waals surface area contributed by atoms with Crippen molar-refractivity contribution < 1.29 is 19.1 Å². The Morgan fingerprint density at radius 1 is 1.25 bits per heavy atom. The van der Waals surface area contributed by atoms with Crippen molar-refractivity contribution in [1.29, 1.82) is 0 Å². The summed E-state index contributed by atoms with van der Waals surface area (Å²) in [6, 6.07) is 9.43. The molecule has 1 aliphatic heterocycles. The Labute approximate surface area is 161 Å². The Morgan fingerprint density at radius 2 is 2.11 bits per heavy atom. The first-order valence-electron chi connectivity index (χ1n) is 8.90. The fourth-order valence-electron chi connectivity index (χ4n) is 3.06. The fourth-order valence-corrected chi connectivity index (χ4v) is 3.06. The number of aromatic nitrogens is 3. The molecule has 0 aliphatic carbocycles. The maximum atomic E-state index is 11.0. The summed E-state index contributed by atoms with van der Waals surface area (Å²) >= 11 is 0. The lowest BCUT2D eigenvalue weighted by molar-refractivity contribution is 0.0870. The van der Waals surface area contributed by atoms with Gasteiger partial charge >= 0.3 is 6.09 Å². The first kappa shape index (κ1) is 17.8. The van der Waals surface area contributed by atoms with Gasteiger partial charge in [-0.3, -0.25) is 0 Å². The van der Waals surface area contributed by atoms with Gasteiger partial charge in [-0.05, 0) is 12.1 Å². The molecule has 1 aromatic carbocycles. The van der Waals surface area contributed by atoms with Crippen molar-refractivity contribution in [2.75, 3.05) is 18.4 Å². The van der Waals surface area contributed by atoms with E-state index in [1.165, 1.54) is 17.6 Å². The number of carboxylic acid groups (broad SMARTS) is 1. The number of oxazole rings is 1. The molecule has 9 nitrogen and oxygen atoms in total. The Hall–Kier alpha value is -3.62. The second-order valence-corrected chi connectivity index (χ2v) is 6.40. The van der Waals surface area contributed by atoms with Crippen molar-refractivity contribution in [2.45, 2.75) is 18.9 Å². The average molecular weight is 381 g/mol. The summed E-state index contributed by atoms with van der Waals surface area (Å²) in [6.07, 6.45) is 4.81. The number of benzene rings is 1. The highest BCUT2D eigenvalue weighted by Crippen LogP contribution is 2.25. The Morgan fingerprint density at radius 3 is 2.86 bits per heavy atom. The minimum Gasteiger partial charge on any atom is -0.474 e. The Bertz CT molecular complexity index is 939. The van der Waals surface area contributed by atoms with E-state index < -0.39 is 6.09 Å². The van der Waals surface area contributed by atoms with E-state index in [9.17, 15) is 4.79 Å². The van der Waals surface area contributed by atoms with Crippen LogP contribution in [-0.4, -0.2) is 50.2 Å². The standard InChI is InChI=1S/C19H19N5O4/c25-19(26)24-6-4-15(5-7-24)28-18-9-17(21-11-22-18)23-14-3-1-2-13(8-14)16-10-20-12-27-16/h1-3,8-12,15H,4-7H2,(H,25,26)(H,21,22,23). The number of hydrogen-bond donors (Lipinski definition) is 2. The van der Waals surface area contributed by atoms with Crippen LogP contribution in [0.25, 0.3) is 11.3 Å². The van der Waals surface area contributed by atoms with E-state index in [2.05, 4.69) is 20.3 Å². The number of hydrogen-bond acceptors (Lipinski definition) is 7. The van der Waals surface area contributed by atoms with Gasteiger partial charge in [0, 0.05) is 43.2 Å². The van der Waals surface area contributed by atoms with Gasteiger partial charge in [-0.1, -0.05) is 12.1 Å². The zero-order valence-electron chi connectivity index (χ0n) is 15.0. The molecule has 0 unspecified atom stereocenters. The number of amides is 1. The quantitative estimate of drug-likeness (QED) is 0.691. The predicted molar refractivity (Wildman–Crippen MR) is 101 cm³/mol. The summed E-state index contributed by atoms with van der Waals surface area (Å²) < 4.78 is 11.2. The molecular formula is C19H19N5O4. The van der Waals surface area contributed by atoms with E-state index in [0.717, 1.165) is 11.3 Å². The molecule has 0 bridgehead atoms. The minimum atomic E-state index is -0.889. The number of anilines is 2. The maximum Gasteiger partial charge on any atom is 0.407 e. The highest BCUT2D eigenvalue weighted by Gasteiger charge is 2.23. The molecule has 2 N–H and O–H groups in total. The van der Waals surface area contributed by atoms with Crippen LogP contribution in [0.15, 0.2) is 53.7 Å². The van der Waals surface area contributed by atoms with Crippen LogP contribution in [0.2, 0.25) is 0 Å². The van der Waals surface area contributed by atoms with Gasteiger partial charge < -0.3 is 24.5 Å². The molecule has 1 saturated heterocycles. The average Bonchev–Trinajstić information content (AvgIpc) is 3.24. The third-order valence-electron chi connectivity index (χ3n) is 4.49. The molecule has 28 heavy (non-hydrogen) atoms. The number of nitrogens with one attached hydrogen (secondary N) is 1. The van der Waals surface area contributed by atoms with Crippen molar-refractivity contribution in [3.8, 4) is 17.2 Å². The summed E-state index contributed by atoms with van der Waals surface area (Å²) in [6.45, 7) is 0.926. The van der Waals surface area contributed by atoms with Crippen LogP contribution in [0.4, 0.5) is 16.3 Å². The molecule has 0 saturated carbocycles. The molecular weight excluding hydrogens is 362 g/mol. The molecule has 0 radical (unpaired) electrons. The van der Waals surface area contributed by atoms with E-state index in [1.54, 1.807) is 12.3 Å². The minimum absolute atomic E-state index is 0.0619. The molecule has 1 fully saturated rings. The second kappa shape index (κ2) is 7.95. The molecule has 2 aromatic heterocycles. The molecule has 4 rings (SSSR count). The molecule has 0 spiro atoms. The van der Waals surface area contributed by atoms with Gasteiger partial charge in [-0.2, -0.15) is 0 Å². The third kappa shape index (κ3) is 4.20. The number of piperidine rings is 1. The van der Waals surface area contributed by atoms with Crippen molar-refractivity contribution in [3.05, 3.63) is 49.2 Å². The molecule has 144 valence electrons. The van der Waals surface area contributed by atoms with Gasteiger partial charge in [0.05, 0.1) is 6.20 Å². The van der Waals surface area contributed by atoms with Crippen LogP contribution >= 0.6 is 0 Å². The largest absolute Gasteiger partial charge is 0.474 e. The van der Waals surface area contributed by atoms with E-state index >= 15 is 0 Å². The van der Waals surface area contributed by atoms with E-state index in [1.807, 2.05) is 24.3 Å². The lowest BCUT2D eigenvalue weighted by Gasteiger charge is -2.29. The molecule has 0 atom stereocenters. The molecule has 3 aromatic rings. The van der Waals surface area contributed by atoms with Gasteiger partial charge in [0.1, 0.15) is 18.2 Å². The molecule has 9 heteroatoms. The lowest BCUT2D eigenvalue weighted by Crippen LogP contribution is -2.41. The summed E-state index contributed by atoms with van der Waals surface area (Å²) in [5.41, 5.74) is 1.74. The molecule has 1 aliphatic rings. The van der Waals surface area contributed by atoms with Crippen LogP contribution in [-0.2, 0) is 0 Å². The zero-order chi connectivity index (χ0) is 19.3. The van der Waals surface area contributed by atoms with E-state index in [0.29, 0.717) is 43.4 Å². The number of carbonyl (C=O) groups is 1. The Balaban J connectivity index is 1.41. The zero-order valence-corrected chi connectivity index (χ0v) is 15.0. The van der Waals surface area contributed by atoms with Gasteiger partial charge in [0.15, 0.2) is 12.2 Å². The molecule has 3 heterocycles. The SMILES string of the molecule is O=C(O)N1CCC(Oc2cc(Nc3cccc(-c4cnco4)c3)ncn2)CC1. The van der Waals surface area contributed by atoms with Crippen LogP contribution in [0, 0.1) is 0 Å². The van der Waals surface area contributed by atoms with Crippen molar-refractivity contribution in [2.24, 2.45) is 0 Å². The summed E-state index contributed by atoms with van der Waals surface area (Å²) in [5.74, 6) is 1.74. The Kier molecular flexibility index (Phi) is 5.05. The van der Waals surface area contributed by atoms with Crippen LogP contribution < -0.4 is 10.1 Å². The smallest absolute Gasteiger partial charge is 0.407 e. The van der Waals surface area contributed by atoms with E-state index in [-0.39, 0.29) is 6.10 Å². The normalized spacial score (nSPS) is 14.6. The van der Waals surface area contributed by atoms with Gasteiger partial charge in [0.2, 0.25) is 5.88 Å². The van der Waals surface area contributed by atoms with Crippen LogP contribution in [0.1, 0.15) is 12.8 Å². The number of rotatable bonds is 5. The fraction of sp³-hybridized carbons (Fsp3) is 0.263. The first-order chi connectivity index (χ1) is 13.7. The van der Waals surface area contributed by atoms with E-state index in [4.69, 9.17) is 14.3 Å². The third-order valence-corrected chi connectivity index (χ3v) is 4.49. The van der Waals surface area contributed by atoms with Crippen LogP contribution in [0.5, 0.6) is 5.88 Å². The monoisotopic (exact) mass is 381 g/mol. The maximum absolute atomic E-state index is 11.0. The number of nitrogens with zero attached hydrogens (tertiary/aromatic N) is 4. The van der Waals surface area contributed by atoms with Crippen molar-refractivity contribution in [1.82, 2.24) is 19.9 Å². The highest BCUT2D eigenvalue weighted by molar-refractivity contribution is 5.66. The summed E-state index contributed by atoms with van der Waals surface area (Å²) in [4.78, 5) is 24.7. The van der Waals surface area contributed by atoms with Crippen molar-refractivity contribution >= 4 is 17.6 Å². The number of ether oxygens (including phenoxy) is 1. The van der Waals surface area contributed by atoms with Crippen LogP contribution in [0.3, 0.4) is 0 Å². The number of likely N-dealkylation sites (tertiary alicyclic amines) is 1. The predicted octanol–water partition coefficient (Wildman–Crippen LogP) is 3.40. The van der Waals surface area contributed by atoms with Gasteiger partial charge in [-0.15, -0.1) is 0 Å². The first-order valence-corrected chi connectivity index (χ1v) is 8.90. The van der Waals surface area contributed by atoms with Gasteiger partial charge in [-0.25, -0.2) is 19.7 Å². The second-order valence-electron chi connectivity index (χ2n) is 6.40. The van der Waals surface area contributed by atoms with Crippen molar-refractivity contribution in [3.63, 3.8) is 0 Å². The highest BCUT2D eigenvalue weighted by atomic mass is 16.5. The van der Waals surface area contributed by atoms with Gasteiger partial charge in [0.25, 0.3) is 0 Å². The topological polar surface area (TPSA) is 114 Å². The summed E-state index contributed by atoms with van der Waals surface area (Å²) in [7, 11) is 0. The molecule has 1 amide bonds. The lowest BCUT2D eigenvalue weighted by atomic mass is 10.1. The summed E-state index contributed by atoms with van der Waals surface area (Å²) in [5, 5.41) is 12.2.